The van der Waals surface area contributed by atoms with E-state index in [1.165, 1.54) is 6.92 Å². The molecule has 0 aromatic rings. The lowest BCUT2D eigenvalue weighted by atomic mass is 10.0. The van der Waals surface area contributed by atoms with Gasteiger partial charge in [-0.3, -0.25) is 18.4 Å². The quantitative estimate of drug-likeness (QED) is 0.615. The SMILES string of the molecule is CC(=O)NC12COP(=O)(OC1)OC2. The van der Waals surface area contributed by atoms with E-state index in [2.05, 4.69) is 5.32 Å². The molecule has 0 saturated carbocycles. The van der Waals surface area contributed by atoms with Crippen LogP contribution in [0.3, 0.4) is 0 Å². The molecular weight excluding hydrogens is 197 g/mol. The topological polar surface area (TPSA) is 73.9 Å². The minimum atomic E-state index is -3.27. The molecule has 3 heterocycles. The van der Waals surface area contributed by atoms with E-state index >= 15 is 0 Å². The Morgan fingerprint density at radius 2 is 1.77 bits per heavy atom. The number of fused-ring (bicyclic) bond motifs is 3. The van der Waals surface area contributed by atoms with Crippen LogP contribution in [-0.2, 0) is 22.9 Å². The largest absolute Gasteiger partial charge is 0.475 e. The fourth-order valence-electron chi connectivity index (χ4n) is 1.33. The van der Waals surface area contributed by atoms with E-state index in [0.717, 1.165) is 0 Å². The number of hydrogen-bond donors (Lipinski definition) is 1. The number of carbonyl (C=O) groups is 1. The minimum absolute atomic E-state index is 0.184. The number of nitrogens with one attached hydrogen (secondary N) is 1. The Morgan fingerprint density at radius 1 is 1.31 bits per heavy atom. The lowest BCUT2D eigenvalue weighted by Gasteiger charge is -2.44. The van der Waals surface area contributed by atoms with E-state index in [4.69, 9.17) is 13.6 Å². The molecule has 74 valence electrons. The molecule has 0 aliphatic carbocycles. The van der Waals surface area contributed by atoms with Crippen LogP contribution in [-0.4, -0.2) is 31.3 Å². The van der Waals surface area contributed by atoms with Gasteiger partial charge < -0.3 is 5.32 Å². The van der Waals surface area contributed by atoms with E-state index in [-0.39, 0.29) is 25.7 Å². The number of phosphoric ester groups is 1. The van der Waals surface area contributed by atoms with Crippen LogP contribution >= 0.6 is 7.82 Å². The highest BCUT2D eigenvalue weighted by Gasteiger charge is 2.50. The molecule has 1 N–H and O–H groups in total. The lowest BCUT2D eigenvalue weighted by molar-refractivity contribution is -0.127. The fraction of sp³-hybridized carbons (Fsp3) is 0.833. The number of carbonyl (C=O) groups excluding carboxylic acids is 1. The van der Waals surface area contributed by atoms with Gasteiger partial charge in [0.05, 0.1) is 19.8 Å². The summed E-state index contributed by atoms with van der Waals surface area (Å²) in [5, 5.41) is 2.66. The molecule has 3 saturated heterocycles. The summed E-state index contributed by atoms with van der Waals surface area (Å²) in [5.74, 6) is -0.186. The Labute approximate surface area is 75.2 Å². The Balaban J connectivity index is 2.11. The molecule has 1 amide bonds. The first-order valence-electron chi connectivity index (χ1n) is 3.86. The third-order valence-corrected chi connectivity index (χ3v) is 3.27. The van der Waals surface area contributed by atoms with Gasteiger partial charge in [0.15, 0.2) is 0 Å². The Hall–Kier alpha value is -0.420. The number of rotatable bonds is 1. The van der Waals surface area contributed by atoms with Crippen molar-refractivity contribution in [2.75, 3.05) is 19.8 Å². The first-order valence-corrected chi connectivity index (χ1v) is 5.32. The zero-order chi connectivity index (χ0) is 9.53. The van der Waals surface area contributed by atoms with Gasteiger partial charge in [0.1, 0.15) is 5.54 Å². The molecule has 2 bridgehead atoms. The normalized spacial score (nSPS) is 43.2. The van der Waals surface area contributed by atoms with Gasteiger partial charge in [0.25, 0.3) is 0 Å². The number of phosphoric acid groups is 1. The molecule has 3 rings (SSSR count). The zero-order valence-electron chi connectivity index (χ0n) is 7.11. The van der Waals surface area contributed by atoms with E-state index in [1.54, 1.807) is 0 Å². The van der Waals surface area contributed by atoms with Crippen molar-refractivity contribution in [1.29, 1.82) is 0 Å². The van der Waals surface area contributed by atoms with Gasteiger partial charge in [-0.2, -0.15) is 0 Å². The maximum atomic E-state index is 11.3. The van der Waals surface area contributed by atoms with Gasteiger partial charge >= 0.3 is 7.82 Å². The second-order valence-corrected chi connectivity index (χ2v) is 4.90. The Bertz CT molecular complexity index is 259. The van der Waals surface area contributed by atoms with E-state index in [0.29, 0.717) is 0 Å². The number of hydrogen-bond acceptors (Lipinski definition) is 5. The van der Waals surface area contributed by atoms with Crippen molar-refractivity contribution in [2.45, 2.75) is 12.5 Å². The Morgan fingerprint density at radius 3 is 2.15 bits per heavy atom. The summed E-state index contributed by atoms with van der Waals surface area (Å²) >= 11 is 0. The summed E-state index contributed by atoms with van der Waals surface area (Å²) in [5.41, 5.74) is -0.655. The number of amides is 1. The molecule has 3 fully saturated rings. The van der Waals surface area contributed by atoms with E-state index in [1.807, 2.05) is 0 Å². The van der Waals surface area contributed by atoms with Gasteiger partial charge in [-0.05, 0) is 0 Å². The summed E-state index contributed by atoms with van der Waals surface area (Å²) in [6, 6.07) is 0. The van der Waals surface area contributed by atoms with Gasteiger partial charge in [-0.25, -0.2) is 4.57 Å². The van der Waals surface area contributed by atoms with Crippen LogP contribution in [0.25, 0.3) is 0 Å². The first kappa shape index (κ1) is 9.15. The van der Waals surface area contributed by atoms with Crippen molar-refractivity contribution < 1.29 is 22.9 Å². The molecule has 0 unspecified atom stereocenters. The van der Waals surface area contributed by atoms with E-state index in [9.17, 15) is 9.36 Å². The molecule has 6 nitrogen and oxygen atoms in total. The van der Waals surface area contributed by atoms with Crippen molar-refractivity contribution in [3.63, 3.8) is 0 Å². The average molecular weight is 207 g/mol. The van der Waals surface area contributed by atoms with Crippen LogP contribution in [0.4, 0.5) is 0 Å². The summed E-state index contributed by atoms with van der Waals surface area (Å²) in [6.45, 7) is 1.95. The smallest absolute Gasteiger partial charge is 0.344 e. The summed E-state index contributed by atoms with van der Waals surface area (Å²) in [6.07, 6.45) is 0. The molecule has 3 aliphatic heterocycles. The molecule has 3 aliphatic rings. The van der Waals surface area contributed by atoms with Crippen LogP contribution < -0.4 is 5.32 Å². The molecular formula is C6H10NO5P. The first-order chi connectivity index (χ1) is 6.04. The average Bonchev–Trinajstić information content (AvgIpc) is 2.07. The summed E-state index contributed by atoms with van der Waals surface area (Å²) < 4.78 is 25.9. The van der Waals surface area contributed by atoms with Gasteiger partial charge in [-0.15, -0.1) is 0 Å². The van der Waals surface area contributed by atoms with Crippen molar-refractivity contribution in [3.8, 4) is 0 Å². The van der Waals surface area contributed by atoms with E-state index < -0.39 is 13.4 Å². The molecule has 13 heavy (non-hydrogen) atoms. The van der Waals surface area contributed by atoms with Crippen LogP contribution in [0, 0.1) is 0 Å². The van der Waals surface area contributed by atoms with Gasteiger partial charge in [-0.1, -0.05) is 0 Å². The molecule has 0 spiro atoms. The fourth-order valence-corrected chi connectivity index (χ4v) is 2.77. The predicted octanol–water partition coefficient (Wildman–Crippen LogP) is 0.0464. The van der Waals surface area contributed by atoms with Crippen LogP contribution in [0.15, 0.2) is 0 Å². The second kappa shape index (κ2) is 2.78. The molecule has 0 aromatic heterocycles. The third-order valence-electron chi connectivity index (χ3n) is 1.94. The standard InChI is InChI=1S/C6H10NO5P/c1-5(8)7-6-2-10-13(9,11-3-6)12-4-6/h2-4H2,1H3,(H,7,8). The second-order valence-electron chi connectivity index (χ2n) is 3.23. The molecule has 0 aromatic carbocycles. The maximum absolute atomic E-state index is 11.3. The summed E-state index contributed by atoms with van der Waals surface area (Å²) in [7, 11) is -3.27. The lowest BCUT2D eigenvalue weighted by Crippen LogP contribution is -2.61. The van der Waals surface area contributed by atoms with Crippen molar-refractivity contribution in [1.82, 2.24) is 5.32 Å². The molecule has 0 radical (unpaired) electrons. The zero-order valence-corrected chi connectivity index (χ0v) is 8.00. The highest BCUT2D eigenvalue weighted by Crippen LogP contribution is 2.57. The molecule has 7 heteroatoms. The predicted molar refractivity (Wildman–Crippen MR) is 42.0 cm³/mol. The van der Waals surface area contributed by atoms with Gasteiger partial charge in [0.2, 0.25) is 5.91 Å². The van der Waals surface area contributed by atoms with Crippen molar-refractivity contribution in [2.24, 2.45) is 0 Å². The Kier molecular flexibility index (Phi) is 1.96. The summed E-state index contributed by atoms with van der Waals surface area (Å²) in [4.78, 5) is 10.8. The third kappa shape index (κ3) is 1.62. The van der Waals surface area contributed by atoms with Crippen molar-refractivity contribution >= 4 is 13.7 Å². The molecule has 0 atom stereocenters. The van der Waals surface area contributed by atoms with Crippen molar-refractivity contribution in [3.05, 3.63) is 0 Å². The van der Waals surface area contributed by atoms with Crippen LogP contribution in [0.1, 0.15) is 6.92 Å². The van der Waals surface area contributed by atoms with Gasteiger partial charge in [0, 0.05) is 6.92 Å². The maximum Gasteiger partial charge on any atom is 0.475 e. The van der Waals surface area contributed by atoms with Crippen LogP contribution in [0.2, 0.25) is 0 Å². The monoisotopic (exact) mass is 207 g/mol. The highest BCUT2D eigenvalue weighted by molar-refractivity contribution is 7.48. The minimum Gasteiger partial charge on any atom is -0.344 e. The highest BCUT2D eigenvalue weighted by atomic mass is 31.2. The van der Waals surface area contributed by atoms with Crippen LogP contribution in [0.5, 0.6) is 0 Å².